The number of aromatic amines is 1. The molecule has 0 amide bonds. The Labute approximate surface area is 95.4 Å². The lowest BCUT2D eigenvalue weighted by molar-refractivity contribution is 0.187. The smallest absolute Gasteiger partial charge is 0.280 e. The molecule has 0 aliphatic carbocycles. The lowest BCUT2D eigenvalue weighted by Gasteiger charge is -2.10. The Bertz CT molecular complexity index is 387. The average Bonchev–Trinajstić information content (AvgIpc) is 2.73. The molecule has 1 aromatic heterocycles. The predicted molar refractivity (Wildman–Crippen MR) is 60.0 cm³/mol. The van der Waals surface area contributed by atoms with Crippen LogP contribution in [0.4, 0.5) is 5.69 Å². The Hall–Kier alpha value is -0.880. The normalized spacial score (nSPS) is 20.5. The average molecular weight is 274 g/mol. The van der Waals surface area contributed by atoms with E-state index in [1.54, 1.807) is 6.20 Å². The number of hydrogen-bond donors (Lipinski definition) is 2. The SMILES string of the molecule is O=c1[nH]ncc(NCC2CCOC2)c1Br. The third-order valence-electron chi connectivity index (χ3n) is 2.40. The van der Waals surface area contributed by atoms with E-state index in [-0.39, 0.29) is 5.56 Å². The number of nitrogens with one attached hydrogen (secondary N) is 2. The monoisotopic (exact) mass is 273 g/mol. The van der Waals surface area contributed by atoms with Gasteiger partial charge >= 0.3 is 0 Å². The van der Waals surface area contributed by atoms with Gasteiger partial charge in [-0.05, 0) is 22.4 Å². The molecule has 1 aromatic rings. The van der Waals surface area contributed by atoms with Gasteiger partial charge in [-0.15, -0.1) is 0 Å². The molecule has 82 valence electrons. The standard InChI is InChI=1S/C9H12BrN3O2/c10-8-7(4-12-13-9(8)14)11-3-6-1-2-15-5-6/h4,6H,1-3,5H2,(H2,11,13,14). The predicted octanol–water partition coefficient (Wildman–Crippen LogP) is 0.981. The fraction of sp³-hybridized carbons (Fsp3) is 0.556. The first-order chi connectivity index (χ1) is 7.27. The van der Waals surface area contributed by atoms with E-state index in [4.69, 9.17) is 4.74 Å². The third kappa shape index (κ3) is 2.57. The van der Waals surface area contributed by atoms with Crippen molar-refractivity contribution in [2.45, 2.75) is 6.42 Å². The Morgan fingerprint density at radius 2 is 2.60 bits per heavy atom. The highest BCUT2D eigenvalue weighted by atomic mass is 79.9. The van der Waals surface area contributed by atoms with Crippen LogP contribution < -0.4 is 10.9 Å². The van der Waals surface area contributed by atoms with Crippen LogP contribution in [0.15, 0.2) is 15.5 Å². The summed E-state index contributed by atoms with van der Waals surface area (Å²) >= 11 is 3.21. The number of H-pyrrole nitrogens is 1. The number of anilines is 1. The zero-order valence-electron chi connectivity index (χ0n) is 8.12. The van der Waals surface area contributed by atoms with E-state index < -0.39 is 0 Å². The molecular weight excluding hydrogens is 262 g/mol. The number of halogens is 1. The van der Waals surface area contributed by atoms with Gasteiger partial charge < -0.3 is 10.1 Å². The van der Waals surface area contributed by atoms with E-state index >= 15 is 0 Å². The molecule has 0 radical (unpaired) electrons. The summed E-state index contributed by atoms with van der Waals surface area (Å²) < 4.78 is 5.76. The Balaban J connectivity index is 1.98. The molecule has 2 heterocycles. The maximum absolute atomic E-state index is 11.2. The Morgan fingerprint density at radius 1 is 1.73 bits per heavy atom. The molecule has 1 saturated heterocycles. The molecule has 1 atom stereocenters. The maximum atomic E-state index is 11.2. The molecule has 15 heavy (non-hydrogen) atoms. The molecule has 0 bridgehead atoms. The van der Waals surface area contributed by atoms with Crippen molar-refractivity contribution in [3.05, 3.63) is 21.0 Å². The summed E-state index contributed by atoms with van der Waals surface area (Å²) in [5, 5.41) is 9.27. The highest BCUT2D eigenvalue weighted by molar-refractivity contribution is 9.10. The molecule has 6 heteroatoms. The van der Waals surface area contributed by atoms with Gasteiger partial charge in [-0.2, -0.15) is 5.10 Å². The molecule has 0 aromatic carbocycles. The summed E-state index contributed by atoms with van der Waals surface area (Å²) in [5.74, 6) is 0.524. The highest BCUT2D eigenvalue weighted by Gasteiger charge is 2.15. The maximum Gasteiger partial charge on any atom is 0.280 e. The third-order valence-corrected chi connectivity index (χ3v) is 3.19. The van der Waals surface area contributed by atoms with Gasteiger partial charge in [0.05, 0.1) is 18.5 Å². The van der Waals surface area contributed by atoms with Gasteiger partial charge in [0.1, 0.15) is 4.47 Å². The van der Waals surface area contributed by atoms with Crippen molar-refractivity contribution in [2.24, 2.45) is 5.92 Å². The van der Waals surface area contributed by atoms with E-state index in [0.29, 0.717) is 10.4 Å². The second-order valence-electron chi connectivity index (χ2n) is 3.54. The van der Waals surface area contributed by atoms with Gasteiger partial charge in [-0.25, -0.2) is 5.10 Å². The Kier molecular flexibility index (Phi) is 3.37. The minimum atomic E-state index is -0.220. The second-order valence-corrected chi connectivity index (χ2v) is 4.33. The first-order valence-electron chi connectivity index (χ1n) is 4.82. The molecule has 1 fully saturated rings. The van der Waals surface area contributed by atoms with Crippen molar-refractivity contribution in [3.8, 4) is 0 Å². The van der Waals surface area contributed by atoms with Crippen LogP contribution in [0.25, 0.3) is 0 Å². The Morgan fingerprint density at radius 3 is 3.33 bits per heavy atom. The fourth-order valence-corrected chi connectivity index (χ4v) is 1.84. The van der Waals surface area contributed by atoms with Crippen LogP contribution in [0.2, 0.25) is 0 Å². The van der Waals surface area contributed by atoms with Crippen LogP contribution in [-0.4, -0.2) is 30.0 Å². The first-order valence-corrected chi connectivity index (χ1v) is 5.61. The van der Waals surface area contributed by atoms with Crippen molar-refractivity contribution < 1.29 is 4.74 Å². The summed E-state index contributed by atoms with van der Waals surface area (Å²) in [5.41, 5.74) is 0.508. The summed E-state index contributed by atoms with van der Waals surface area (Å²) in [6.45, 7) is 2.44. The quantitative estimate of drug-likeness (QED) is 0.862. The molecule has 1 unspecified atom stereocenters. The van der Waals surface area contributed by atoms with Crippen LogP contribution in [0, 0.1) is 5.92 Å². The molecule has 5 nitrogen and oxygen atoms in total. The molecule has 2 rings (SSSR count). The van der Waals surface area contributed by atoms with Crippen molar-refractivity contribution in [1.82, 2.24) is 10.2 Å². The minimum absolute atomic E-state index is 0.220. The summed E-state index contributed by atoms with van der Waals surface area (Å²) in [4.78, 5) is 11.2. The van der Waals surface area contributed by atoms with E-state index in [1.807, 2.05) is 0 Å². The zero-order valence-corrected chi connectivity index (χ0v) is 9.71. The van der Waals surface area contributed by atoms with Crippen LogP contribution in [0.3, 0.4) is 0 Å². The van der Waals surface area contributed by atoms with Crippen molar-refractivity contribution in [1.29, 1.82) is 0 Å². The van der Waals surface area contributed by atoms with E-state index in [0.717, 1.165) is 31.9 Å². The number of hydrogen-bond acceptors (Lipinski definition) is 4. The second kappa shape index (κ2) is 4.76. The van der Waals surface area contributed by atoms with Gasteiger partial charge in [-0.3, -0.25) is 4.79 Å². The number of ether oxygens (including phenoxy) is 1. The summed E-state index contributed by atoms with van der Waals surface area (Å²) in [6, 6.07) is 0. The van der Waals surface area contributed by atoms with Crippen LogP contribution in [0.1, 0.15) is 6.42 Å². The van der Waals surface area contributed by atoms with Crippen molar-refractivity contribution in [3.63, 3.8) is 0 Å². The van der Waals surface area contributed by atoms with Gasteiger partial charge in [0, 0.05) is 19.1 Å². The lowest BCUT2D eigenvalue weighted by atomic mass is 10.1. The molecular formula is C9H12BrN3O2. The molecule has 0 spiro atoms. The summed E-state index contributed by atoms with van der Waals surface area (Å²) in [6.07, 6.45) is 2.67. The van der Waals surface area contributed by atoms with E-state index in [1.165, 1.54) is 0 Å². The van der Waals surface area contributed by atoms with Crippen molar-refractivity contribution >= 4 is 21.6 Å². The van der Waals surface area contributed by atoms with Gasteiger partial charge in [-0.1, -0.05) is 0 Å². The van der Waals surface area contributed by atoms with Gasteiger partial charge in [0.25, 0.3) is 5.56 Å². The number of nitrogens with zero attached hydrogens (tertiary/aromatic N) is 1. The largest absolute Gasteiger partial charge is 0.382 e. The topological polar surface area (TPSA) is 67.0 Å². The first kappa shape index (κ1) is 10.6. The minimum Gasteiger partial charge on any atom is -0.382 e. The molecule has 2 N–H and O–H groups in total. The fourth-order valence-electron chi connectivity index (χ4n) is 1.51. The number of aromatic nitrogens is 2. The van der Waals surface area contributed by atoms with E-state index in [9.17, 15) is 4.79 Å². The van der Waals surface area contributed by atoms with Crippen molar-refractivity contribution in [2.75, 3.05) is 25.1 Å². The number of rotatable bonds is 3. The molecule has 0 saturated carbocycles. The summed E-state index contributed by atoms with van der Waals surface area (Å²) in [7, 11) is 0. The van der Waals surface area contributed by atoms with E-state index in [2.05, 4.69) is 31.4 Å². The molecule has 1 aliphatic heterocycles. The van der Waals surface area contributed by atoms with Gasteiger partial charge in [0.2, 0.25) is 0 Å². The van der Waals surface area contributed by atoms with Crippen LogP contribution in [0.5, 0.6) is 0 Å². The molecule has 1 aliphatic rings. The zero-order chi connectivity index (χ0) is 10.7. The van der Waals surface area contributed by atoms with Crippen LogP contribution in [-0.2, 0) is 4.74 Å². The van der Waals surface area contributed by atoms with Gasteiger partial charge in [0.15, 0.2) is 0 Å². The van der Waals surface area contributed by atoms with Crippen LogP contribution >= 0.6 is 15.9 Å². The highest BCUT2D eigenvalue weighted by Crippen LogP contribution is 2.18. The lowest BCUT2D eigenvalue weighted by Crippen LogP contribution is -2.17.